The summed E-state index contributed by atoms with van der Waals surface area (Å²) >= 11 is 0. The van der Waals surface area contributed by atoms with E-state index in [1.807, 2.05) is 0 Å². The Kier molecular flexibility index (Phi) is 37.1. The standard InChI is InChI=1S/C40H80O3/c1-3-5-7-9-11-13-15-17-19-20-21-22-23-24-25-27-29-31-33-35-37-39(41)40(42)43-38-36-34-32-30-28-26-18-16-14-12-10-8-6-4-2/h39,41H,3-38H2,1-2H3. The first-order valence-corrected chi connectivity index (χ1v) is 20.1. The first-order chi connectivity index (χ1) is 21.2. The smallest absolute Gasteiger partial charge is 0.334 e. The summed E-state index contributed by atoms with van der Waals surface area (Å²) in [5.41, 5.74) is 0. The monoisotopic (exact) mass is 609 g/mol. The molecule has 0 bridgehead atoms. The Labute approximate surface area is 271 Å². The van der Waals surface area contributed by atoms with Gasteiger partial charge >= 0.3 is 5.97 Å². The van der Waals surface area contributed by atoms with Gasteiger partial charge < -0.3 is 9.84 Å². The van der Waals surface area contributed by atoms with Crippen LogP contribution in [0.3, 0.4) is 0 Å². The SMILES string of the molecule is CCCCCCCCCCCCCCCCCCCCCCC(O)C(=O)OCCCCCCCCCCCCCCCC. The number of rotatable bonds is 37. The molecule has 0 radical (unpaired) electrons. The topological polar surface area (TPSA) is 46.5 Å². The molecule has 0 aliphatic carbocycles. The summed E-state index contributed by atoms with van der Waals surface area (Å²) in [6.07, 6.45) is 45.4. The second-order valence-electron chi connectivity index (χ2n) is 13.8. The number of carbonyl (C=O) groups excluding carboxylic acids is 1. The van der Waals surface area contributed by atoms with Crippen LogP contribution in [0.25, 0.3) is 0 Å². The average Bonchev–Trinajstić information content (AvgIpc) is 3.01. The third-order valence-corrected chi connectivity index (χ3v) is 9.35. The van der Waals surface area contributed by atoms with Gasteiger partial charge in [0, 0.05) is 0 Å². The van der Waals surface area contributed by atoms with Gasteiger partial charge in [-0.3, -0.25) is 0 Å². The van der Waals surface area contributed by atoms with Gasteiger partial charge in [-0.15, -0.1) is 0 Å². The second-order valence-corrected chi connectivity index (χ2v) is 13.8. The quantitative estimate of drug-likeness (QED) is 0.0563. The summed E-state index contributed by atoms with van der Waals surface area (Å²) in [6.45, 7) is 5.04. The highest BCUT2D eigenvalue weighted by Gasteiger charge is 2.15. The van der Waals surface area contributed by atoms with Gasteiger partial charge in [0.25, 0.3) is 0 Å². The zero-order valence-corrected chi connectivity index (χ0v) is 29.8. The molecule has 0 aliphatic heterocycles. The highest BCUT2D eigenvalue weighted by atomic mass is 16.5. The minimum absolute atomic E-state index is 0.410. The molecule has 1 atom stereocenters. The molecule has 0 amide bonds. The number of aliphatic hydroxyl groups excluding tert-OH is 1. The molecular weight excluding hydrogens is 528 g/mol. The Bertz CT molecular complexity index is 520. The Morgan fingerprint density at radius 1 is 0.395 bits per heavy atom. The lowest BCUT2D eigenvalue weighted by Gasteiger charge is -2.10. The van der Waals surface area contributed by atoms with Crippen LogP contribution < -0.4 is 0 Å². The van der Waals surface area contributed by atoms with Gasteiger partial charge in [-0.05, 0) is 12.8 Å². The first kappa shape index (κ1) is 42.4. The van der Waals surface area contributed by atoms with Crippen LogP contribution in [0.2, 0.25) is 0 Å². The normalized spacial score (nSPS) is 12.2. The molecule has 3 heteroatoms. The third kappa shape index (κ3) is 35.8. The molecular formula is C40H80O3. The number of ether oxygens (including phenoxy) is 1. The predicted molar refractivity (Wildman–Crippen MR) is 190 cm³/mol. The lowest BCUT2D eigenvalue weighted by molar-refractivity contribution is -0.154. The highest BCUT2D eigenvalue weighted by molar-refractivity contribution is 5.74. The van der Waals surface area contributed by atoms with E-state index in [9.17, 15) is 9.90 Å². The van der Waals surface area contributed by atoms with Crippen molar-refractivity contribution in [3.05, 3.63) is 0 Å². The number of aliphatic hydroxyl groups is 1. The molecule has 0 aromatic rings. The largest absolute Gasteiger partial charge is 0.464 e. The van der Waals surface area contributed by atoms with Gasteiger partial charge in [-0.1, -0.05) is 226 Å². The van der Waals surface area contributed by atoms with E-state index >= 15 is 0 Å². The van der Waals surface area contributed by atoms with Gasteiger partial charge in [0.1, 0.15) is 0 Å². The molecule has 1 unspecified atom stereocenters. The van der Waals surface area contributed by atoms with Crippen molar-refractivity contribution in [3.63, 3.8) is 0 Å². The van der Waals surface area contributed by atoms with Crippen molar-refractivity contribution < 1.29 is 14.6 Å². The van der Waals surface area contributed by atoms with Crippen molar-refractivity contribution in [1.82, 2.24) is 0 Å². The molecule has 0 aromatic heterocycles. The summed E-state index contributed by atoms with van der Waals surface area (Å²) < 4.78 is 5.32. The molecule has 0 fully saturated rings. The molecule has 43 heavy (non-hydrogen) atoms. The van der Waals surface area contributed by atoms with E-state index in [-0.39, 0.29) is 0 Å². The van der Waals surface area contributed by atoms with Crippen LogP contribution in [-0.2, 0) is 9.53 Å². The van der Waals surface area contributed by atoms with Crippen LogP contribution in [0.5, 0.6) is 0 Å². The van der Waals surface area contributed by atoms with Gasteiger partial charge in [0.15, 0.2) is 6.10 Å². The molecule has 0 rings (SSSR count). The molecule has 0 saturated carbocycles. The summed E-state index contributed by atoms with van der Waals surface area (Å²) in [4.78, 5) is 12.0. The molecule has 258 valence electrons. The Hall–Kier alpha value is -0.570. The number of hydrogen-bond donors (Lipinski definition) is 1. The molecule has 0 spiro atoms. The van der Waals surface area contributed by atoms with Crippen LogP contribution in [0.1, 0.15) is 239 Å². The highest BCUT2D eigenvalue weighted by Crippen LogP contribution is 2.16. The number of esters is 1. The van der Waals surface area contributed by atoms with E-state index in [0.29, 0.717) is 13.0 Å². The van der Waals surface area contributed by atoms with E-state index in [2.05, 4.69) is 13.8 Å². The summed E-state index contributed by atoms with van der Waals surface area (Å²) in [5.74, 6) is -0.410. The van der Waals surface area contributed by atoms with E-state index in [1.54, 1.807) is 0 Å². The summed E-state index contributed by atoms with van der Waals surface area (Å²) in [6, 6.07) is 0. The minimum Gasteiger partial charge on any atom is -0.464 e. The van der Waals surface area contributed by atoms with E-state index < -0.39 is 12.1 Å². The Morgan fingerprint density at radius 3 is 0.907 bits per heavy atom. The minimum atomic E-state index is -0.929. The Balaban J connectivity index is 3.25. The summed E-state index contributed by atoms with van der Waals surface area (Å²) in [7, 11) is 0. The maximum absolute atomic E-state index is 12.0. The van der Waals surface area contributed by atoms with Crippen molar-refractivity contribution >= 4 is 5.97 Å². The van der Waals surface area contributed by atoms with Gasteiger partial charge in [0.2, 0.25) is 0 Å². The molecule has 1 N–H and O–H groups in total. The van der Waals surface area contributed by atoms with Crippen molar-refractivity contribution in [1.29, 1.82) is 0 Å². The molecule has 0 aromatic carbocycles. The lowest BCUT2D eigenvalue weighted by Crippen LogP contribution is -2.23. The van der Waals surface area contributed by atoms with E-state index in [0.717, 1.165) is 25.7 Å². The Morgan fingerprint density at radius 2 is 0.628 bits per heavy atom. The lowest BCUT2D eigenvalue weighted by atomic mass is 10.0. The van der Waals surface area contributed by atoms with E-state index in [4.69, 9.17) is 4.74 Å². The predicted octanol–water partition coefficient (Wildman–Crippen LogP) is 13.6. The molecule has 0 aliphatic rings. The maximum Gasteiger partial charge on any atom is 0.334 e. The maximum atomic E-state index is 12.0. The van der Waals surface area contributed by atoms with Gasteiger partial charge in [-0.2, -0.15) is 0 Å². The van der Waals surface area contributed by atoms with Crippen molar-refractivity contribution in [2.45, 2.75) is 245 Å². The number of hydrogen-bond acceptors (Lipinski definition) is 3. The van der Waals surface area contributed by atoms with Crippen molar-refractivity contribution in [2.75, 3.05) is 6.61 Å². The van der Waals surface area contributed by atoms with Crippen molar-refractivity contribution in [3.8, 4) is 0 Å². The average molecular weight is 609 g/mol. The van der Waals surface area contributed by atoms with Crippen molar-refractivity contribution in [2.24, 2.45) is 0 Å². The fourth-order valence-electron chi connectivity index (χ4n) is 6.28. The molecule has 0 heterocycles. The summed E-state index contributed by atoms with van der Waals surface area (Å²) in [5, 5.41) is 10.1. The van der Waals surface area contributed by atoms with Gasteiger partial charge in [-0.25, -0.2) is 4.79 Å². The zero-order valence-electron chi connectivity index (χ0n) is 29.8. The number of carbonyl (C=O) groups is 1. The zero-order chi connectivity index (χ0) is 31.3. The van der Waals surface area contributed by atoms with Crippen LogP contribution in [-0.4, -0.2) is 23.8 Å². The molecule has 0 saturated heterocycles. The first-order valence-electron chi connectivity index (χ1n) is 20.1. The van der Waals surface area contributed by atoms with Crippen LogP contribution in [0, 0.1) is 0 Å². The second kappa shape index (κ2) is 37.6. The fraction of sp³-hybridized carbons (Fsp3) is 0.975. The van der Waals surface area contributed by atoms with Crippen LogP contribution >= 0.6 is 0 Å². The van der Waals surface area contributed by atoms with Gasteiger partial charge in [0.05, 0.1) is 6.61 Å². The van der Waals surface area contributed by atoms with Crippen LogP contribution in [0.15, 0.2) is 0 Å². The fourth-order valence-corrected chi connectivity index (χ4v) is 6.28. The van der Waals surface area contributed by atoms with E-state index in [1.165, 1.54) is 193 Å². The number of unbranched alkanes of at least 4 members (excludes halogenated alkanes) is 32. The molecule has 3 nitrogen and oxygen atoms in total. The van der Waals surface area contributed by atoms with Crippen LogP contribution in [0.4, 0.5) is 0 Å². The third-order valence-electron chi connectivity index (χ3n) is 9.35.